The van der Waals surface area contributed by atoms with Crippen molar-refractivity contribution in [1.82, 2.24) is 15.2 Å². The second-order valence-corrected chi connectivity index (χ2v) is 5.38. The summed E-state index contributed by atoms with van der Waals surface area (Å²) in [4.78, 5) is 28.3. The molecule has 0 atom stereocenters. The lowest BCUT2D eigenvalue weighted by Crippen LogP contribution is -2.48. The summed E-state index contributed by atoms with van der Waals surface area (Å²) in [6.07, 6.45) is 2.08. The molecule has 1 aromatic rings. The SMILES string of the molecule is CN(Cc1ccccn1)C(=O)NC(C)(C)CCC(=O)O. The van der Waals surface area contributed by atoms with E-state index < -0.39 is 11.5 Å². The summed E-state index contributed by atoms with van der Waals surface area (Å²) >= 11 is 0. The largest absolute Gasteiger partial charge is 0.481 e. The Balaban J connectivity index is 2.50. The Bertz CT molecular complexity index is 460. The first-order valence-electron chi connectivity index (χ1n) is 6.45. The van der Waals surface area contributed by atoms with E-state index in [2.05, 4.69) is 10.3 Å². The lowest BCUT2D eigenvalue weighted by atomic mass is 9.99. The normalized spacial score (nSPS) is 10.9. The molecule has 0 aromatic carbocycles. The minimum Gasteiger partial charge on any atom is -0.481 e. The first-order chi connectivity index (χ1) is 9.30. The van der Waals surface area contributed by atoms with Gasteiger partial charge in [-0.1, -0.05) is 6.07 Å². The number of carboxylic acids is 1. The van der Waals surface area contributed by atoms with E-state index in [0.29, 0.717) is 13.0 Å². The number of aliphatic carboxylic acids is 1. The highest BCUT2D eigenvalue weighted by Crippen LogP contribution is 2.12. The van der Waals surface area contributed by atoms with Crippen LogP contribution in [0.4, 0.5) is 4.79 Å². The summed E-state index contributed by atoms with van der Waals surface area (Å²) in [7, 11) is 1.68. The van der Waals surface area contributed by atoms with Crippen molar-refractivity contribution in [3.05, 3.63) is 30.1 Å². The quantitative estimate of drug-likeness (QED) is 0.832. The molecule has 1 rings (SSSR count). The standard InChI is InChI=1S/C14H21N3O3/c1-14(2,8-7-12(18)19)16-13(20)17(3)10-11-6-4-5-9-15-11/h4-6,9H,7-8,10H2,1-3H3,(H,16,20)(H,18,19). The molecule has 0 spiro atoms. The number of hydrogen-bond donors (Lipinski definition) is 2. The van der Waals surface area contributed by atoms with Crippen LogP contribution in [0.2, 0.25) is 0 Å². The first kappa shape index (κ1) is 15.9. The monoisotopic (exact) mass is 279 g/mol. The molecule has 0 aliphatic carbocycles. The smallest absolute Gasteiger partial charge is 0.317 e. The Kier molecular flexibility index (Phi) is 5.49. The van der Waals surface area contributed by atoms with Crippen molar-refractivity contribution in [1.29, 1.82) is 0 Å². The van der Waals surface area contributed by atoms with E-state index in [1.54, 1.807) is 13.2 Å². The lowest BCUT2D eigenvalue weighted by Gasteiger charge is -2.28. The molecule has 0 bridgehead atoms. The number of carboxylic acid groups (broad SMARTS) is 1. The van der Waals surface area contributed by atoms with E-state index in [4.69, 9.17) is 5.11 Å². The van der Waals surface area contributed by atoms with E-state index in [0.717, 1.165) is 5.69 Å². The summed E-state index contributed by atoms with van der Waals surface area (Å²) in [5.74, 6) is -0.867. The van der Waals surface area contributed by atoms with Gasteiger partial charge in [-0.25, -0.2) is 4.79 Å². The molecule has 0 radical (unpaired) electrons. The van der Waals surface area contributed by atoms with Gasteiger partial charge in [0.25, 0.3) is 0 Å². The maximum atomic E-state index is 12.0. The molecule has 0 aliphatic heterocycles. The summed E-state index contributed by atoms with van der Waals surface area (Å²) in [6, 6.07) is 5.29. The van der Waals surface area contributed by atoms with Crippen molar-refractivity contribution in [3.63, 3.8) is 0 Å². The van der Waals surface area contributed by atoms with Gasteiger partial charge in [-0.05, 0) is 32.4 Å². The Morgan fingerprint density at radius 2 is 2.10 bits per heavy atom. The van der Waals surface area contributed by atoms with Gasteiger partial charge in [0.2, 0.25) is 0 Å². The Morgan fingerprint density at radius 1 is 1.40 bits per heavy atom. The molecule has 6 heteroatoms. The van der Waals surface area contributed by atoms with Gasteiger partial charge < -0.3 is 15.3 Å². The van der Waals surface area contributed by atoms with Gasteiger partial charge in [0.1, 0.15) is 0 Å². The highest BCUT2D eigenvalue weighted by molar-refractivity contribution is 5.74. The average molecular weight is 279 g/mol. The van der Waals surface area contributed by atoms with Crippen molar-refractivity contribution >= 4 is 12.0 Å². The van der Waals surface area contributed by atoms with Crippen molar-refractivity contribution in [2.24, 2.45) is 0 Å². The highest BCUT2D eigenvalue weighted by Gasteiger charge is 2.23. The molecule has 0 saturated carbocycles. The first-order valence-corrected chi connectivity index (χ1v) is 6.45. The van der Waals surface area contributed by atoms with Crippen LogP contribution >= 0.6 is 0 Å². The average Bonchev–Trinajstić information content (AvgIpc) is 2.37. The van der Waals surface area contributed by atoms with Crippen LogP contribution in [-0.4, -0.2) is 39.6 Å². The minimum absolute atomic E-state index is 0.0250. The van der Waals surface area contributed by atoms with Gasteiger partial charge in [0.05, 0.1) is 12.2 Å². The van der Waals surface area contributed by atoms with Crippen molar-refractivity contribution < 1.29 is 14.7 Å². The zero-order chi connectivity index (χ0) is 15.2. The van der Waals surface area contributed by atoms with E-state index in [1.807, 2.05) is 32.0 Å². The van der Waals surface area contributed by atoms with Gasteiger partial charge >= 0.3 is 12.0 Å². The fourth-order valence-electron chi connectivity index (χ4n) is 1.67. The molecule has 0 unspecified atom stereocenters. The topological polar surface area (TPSA) is 82.5 Å². The molecule has 0 fully saturated rings. The summed E-state index contributed by atoms with van der Waals surface area (Å²) < 4.78 is 0. The van der Waals surface area contributed by atoms with E-state index in [9.17, 15) is 9.59 Å². The molecule has 6 nitrogen and oxygen atoms in total. The summed E-state index contributed by atoms with van der Waals surface area (Å²) in [5.41, 5.74) is 0.238. The van der Waals surface area contributed by atoms with Crippen molar-refractivity contribution in [3.8, 4) is 0 Å². The second-order valence-electron chi connectivity index (χ2n) is 5.38. The van der Waals surface area contributed by atoms with Crippen LogP contribution in [0.25, 0.3) is 0 Å². The van der Waals surface area contributed by atoms with Gasteiger partial charge in [-0.15, -0.1) is 0 Å². The van der Waals surface area contributed by atoms with Crippen LogP contribution in [0.3, 0.4) is 0 Å². The summed E-state index contributed by atoms with van der Waals surface area (Å²) in [6.45, 7) is 4.02. The van der Waals surface area contributed by atoms with E-state index in [-0.39, 0.29) is 12.5 Å². The lowest BCUT2D eigenvalue weighted by molar-refractivity contribution is -0.137. The molecule has 2 N–H and O–H groups in total. The summed E-state index contributed by atoms with van der Waals surface area (Å²) in [5, 5.41) is 11.5. The zero-order valence-electron chi connectivity index (χ0n) is 12.1. The molecular formula is C14H21N3O3. The predicted molar refractivity (Wildman–Crippen MR) is 75.2 cm³/mol. The Hall–Kier alpha value is -2.11. The number of carbonyl (C=O) groups excluding carboxylic acids is 1. The van der Waals surface area contributed by atoms with Crippen LogP contribution in [0.1, 0.15) is 32.4 Å². The van der Waals surface area contributed by atoms with Crippen LogP contribution in [0.5, 0.6) is 0 Å². The molecule has 2 amide bonds. The van der Waals surface area contributed by atoms with Gasteiger partial charge in [-0.3, -0.25) is 9.78 Å². The van der Waals surface area contributed by atoms with Crippen LogP contribution in [0.15, 0.2) is 24.4 Å². The van der Waals surface area contributed by atoms with Crippen molar-refractivity contribution in [2.45, 2.75) is 38.8 Å². The number of nitrogens with zero attached hydrogens (tertiary/aromatic N) is 2. The zero-order valence-corrected chi connectivity index (χ0v) is 12.1. The third-order valence-corrected chi connectivity index (χ3v) is 2.88. The molecule has 1 aromatic heterocycles. The van der Waals surface area contributed by atoms with E-state index in [1.165, 1.54) is 4.90 Å². The van der Waals surface area contributed by atoms with Crippen molar-refractivity contribution in [2.75, 3.05) is 7.05 Å². The van der Waals surface area contributed by atoms with Crippen LogP contribution < -0.4 is 5.32 Å². The molecular weight excluding hydrogens is 258 g/mol. The molecule has 20 heavy (non-hydrogen) atoms. The maximum absolute atomic E-state index is 12.0. The number of hydrogen-bond acceptors (Lipinski definition) is 3. The van der Waals surface area contributed by atoms with Crippen LogP contribution in [0, 0.1) is 0 Å². The second kappa shape index (κ2) is 6.88. The maximum Gasteiger partial charge on any atom is 0.317 e. The number of pyridine rings is 1. The van der Waals surface area contributed by atoms with Crippen LogP contribution in [-0.2, 0) is 11.3 Å². The number of amides is 2. The van der Waals surface area contributed by atoms with E-state index >= 15 is 0 Å². The number of carbonyl (C=O) groups is 2. The predicted octanol–water partition coefficient (Wildman–Crippen LogP) is 1.87. The number of aromatic nitrogens is 1. The minimum atomic E-state index is -0.867. The Morgan fingerprint density at radius 3 is 2.65 bits per heavy atom. The third kappa shape index (κ3) is 5.69. The number of urea groups is 1. The molecule has 0 saturated heterocycles. The molecule has 0 aliphatic rings. The van der Waals surface area contributed by atoms with Gasteiger partial charge in [0.15, 0.2) is 0 Å². The fourth-order valence-corrected chi connectivity index (χ4v) is 1.67. The fraction of sp³-hybridized carbons (Fsp3) is 0.500. The number of nitrogens with one attached hydrogen (secondary N) is 1. The molecule has 110 valence electrons. The van der Waals surface area contributed by atoms with Gasteiger partial charge in [0, 0.05) is 25.2 Å². The third-order valence-electron chi connectivity index (χ3n) is 2.88. The highest BCUT2D eigenvalue weighted by atomic mass is 16.4. The Labute approximate surface area is 118 Å². The molecule has 1 heterocycles. The number of rotatable bonds is 6. The van der Waals surface area contributed by atoms with Gasteiger partial charge in [-0.2, -0.15) is 0 Å².